The minimum atomic E-state index is -0.0539. The Hall–Kier alpha value is -2.11. The van der Waals surface area contributed by atoms with Gasteiger partial charge in [-0.15, -0.1) is 0 Å². The van der Waals surface area contributed by atoms with E-state index in [9.17, 15) is 9.90 Å². The van der Waals surface area contributed by atoms with Crippen LogP contribution in [-0.4, -0.2) is 66.2 Å². The van der Waals surface area contributed by atoms with Crippen molar-refractivity contribution in [2.24, 2.45) is 0 Å². The molecular weight excluding hydrogens is 352 g/mol. The van der Waals surface area contributed by atoms with Gasteiger partial charge in [0.15, 0.2) is 0 Å². The molecule has 2 aromatic carbocycles. The number of phenolic OH excluding ortho intramolecular Hbond substituents is 1. The second kappa shape index (κ2) is 8.10. The standard InChI is InChI=1S/C23H30N2O3/c1-28-15-14-25-12-5-9-23(25)8-4-11-24(13-10-23)22(27)20-16-18-6-2-3-7-19(18)17-21(20)26/h2-3,6-7,16-17,26H,4-5,8-15H2,1H3. The van der Waals surface area contributed by atoms with E-state index in [0.717, 1.165) is 62.8 Å². The van der Waals surface area contributed by atoms with Gasteiger partial charge < -0.3 is 14.7 Å². The Balaban J connectivity index is 1.51. The average molecular weight is 383 g/mol. The minimum Gasteiger partial charge on any atom is -0.507 e. The van der Waals surface area contributed by atoms with Crippen LogP contribution in [0.1, 0.15) is 42.5 Å². The van der Waals surface area contributed by atoms with Crippen molar-refractivity contribution in [2.45, 2.75) is 37.6 Å². The van der Waals surface area contributed by atoms with Gasteiger partial charge in [-0.3, -0.25) is 9.69 Å². The lowest BCUT2D eigenvalue weighted by molar-refractivity contribution is 0.0695. The maximum absolute atomic E-state index is 13.2. The molecule has 0 aromatic heterocycles. The van der Waals surface area contributed by atoms with E-state index < -0.39 is 0 Å². The first kappa shape index (κ1) is 19.2. The number of benzene rings is 2. The summed E-state index contributed by atoms with van der Waals surface area (Å²) in [6.07, 6.45) is 5.56. The molecule has 0 aliphatic carbocycles. The number of phenols is 1. The van der Waals surface area contributed by atoms with Crippen LogP contribution in [0.3, 0.4) is 0 Å². The van der Waals surface area contributed by atoms with Gasteiger partial charge >= 0.3 is 0 Å². The van der Waals surface area contributed by atoms with E-state index in [-0.39, 0.29) is 17.2 Å². The second-order valence-corrected chi connectivity index (χ2v) is 8.17. The summed E-state index contributed by atoms with van der Waals surface area (Å²) in [5.74, 6) is 0.0204. The number of carbonyl (C=O) groups is 1. The molecule has 1 spiro atoms. The Morgan fingerprint density at radius 1 is 1.07 bits per heavy atom. The number of likely N-dealkylation sites (tertiary alicyclic amines) is 2. The summed E-state index contributed by atoms with van der Waals surface area (Å²) in [5.41, 5.74) is 0.622. The van der Waals surface area contributed by atoms with Gasteiger partial charge in [-0.1, -0.05) is 24.3 Å². The first-order valence-corrected chi connectivity index (χ1v) is 10.4. The van der Waals surface area contributed by atoms with Crippen molar-refractivity contribution in [3.63, 3.8) is 0 Å². The Labute approximate surface area is 166 Å². The number of hydrogen-bond donors (Lipinski definition) is 1. The van der Waals surface area contributed by atoms with E-state index in [1.165, 1.54) is 12.8 Å². The molecule has 5 nitrogen and oxygen atoms in total. The molecule has 1 amide bonds. The molecule has 150 valence electrons. The molecule has 1 unspecified atom stereocenters. The van der Waals surface area contributed by atoms with E-state index in [1.54, 1.807) is 13.2 Å². The average Bonchev–Trinajstić information content (AvgIpc) is 2.96. The van der Waals surface area contributed by atoms with Gasteiger partial charge in [-0.25, -0.2) is 0 Å². The fourth-order valence-corrected chi connectivity index (χ4v) is 5.06. The van der Waals surface area contributed by atoms with Crippen LogP contribution in [0, 0.1) is 0 Å². The van der Waals surface area contributed by atoms with E-state index in [4.69, 9.17) is 4.74 Å². The third kappa shape index (κ3) is 3.61. The minimum absolute atomic E-state index is 0.0539. The summed E-state index contributed by atoms with van der Waals surface area (Å²) < 4.78 is 5.30. The van der Waals surface area contributed by atoms with Crippen LogP contribution < -0.4 is 0 Å². The largest absolute Gasteiger partial charge is 0.507 e. The summed E-state index contributed by atoms with van der Waals surface area (Å²) in [5, 5.41) is 12.4. The number of carbonyl (C=O) groups excluding carboxylic acids is 1. The highest BCUT2D eigenvalue weighted by Crippen LogP contribution is 2.38. The van der Waals surface area contributed by atoms with Gasteiger partial charge in [-0.05, 0) is 61.6 Å². The third-order valence-corrected chi connectivity index (χ3v) is 6.61. The van der Waals surface area contributed by atoms with Gasteiger partial charge in [0.05, 0.1) is 12.2 Å². The molecule has 2 heterocycles. The summed E-state index contributed by atoms with van der Waals surface area (Å²) in [6.45, 7) is 4.35. The molecule has 2 saturated heterocycles. The number of aromatic hydroxyl groups is 1. The summed E-state index contributed by atoms with van der Waals surface area (Å²) >= 11 is 0. The Morgan fingerprint density at radius 2 is 1.79 bits per heavy atom. The smallest absolute Gasteiger partial charge is 0.257 e. The predicted octanol–water partition coefficient (Wildman–Crippen LogP) is 3.65. The Kier molecular flexibility index (Phi) is 5.56. The Bertz CT molecular complexity index is 853. The van der Waals surface area contributed by atoms with Crippen LogP contribution in [0.15, 0.2) is 36.4 Å². The monoisotopic (exact) mass is 382 g/mol. The first-order chi connectivity index (χ1) is 13.6. The molecule has 1 atom stereocenters. The molecule has 2 aliphatic rings. The van der Waals surface area contributed by atoms with Gasteiger partial charge in [0, 0.05) is 32.3 Å². The fraction of sp³-hybridized carbons (Fsp3) is 0.522. The number of hydrogen-bond acceptors (Lipinski definition) is 4. The van der Waals surface area contributed by atoms with E-state index in [1.807, 2.05) is 35.2 Å². The molecule has 2 aromatic rings. The molecule has 4 rings (SSSR count). The summed E-state index contributed by atoms with van der Waals surface area (Å²) in [6, 6.07) is 11.4. The highest BCUT2D eigenvalue weighted by Gasteiger charge is 2.41. The lowest BCUT2D eigenvalue weighted by Crippen LogP contribution is -2.46. The maximum atomic E-state index is 13.2. The van der Waals surface area contributed by atoms with Crippen LogP contribution >= 0.6 is 0 Å². The molecule has 2 aliphatic heterocycles. The van der Waals surface area contributed by atoms with Crippen molar-refractivity contribution >= 4 is 16.7 Å². The number of amides is 1. The van der Waals surface area contributed by atoms with Crippen molar-refractivity contribution in [1.82, 2.24) is 9.80 Å². The maximum Gasteiger partial charge on any atom is 0.257 e. The van der Waals surface area contributed by atoms with Crippen molar-refractivity contribution in [3.05, 3.63) is 42.0 Å². The van der Waals surface area contributed by atoms with Gasteiger partial charge in [0.2, 0.25) is 0 Å². The summed E-state index contributed by atoms with van der Waals surface area (Å²) in [4.78, 5) is 17.7. The number of ether oxygens (including phenoxy) is 1. The molecule has 0 bridgehead atoms. The van der Waals surface area contributed by atoms with E-state index in [2.05, 4.69) is 4.90 Å². The van der Waals surface area contributed by atoms with Crippen molar-refractivity contribution in [2.75, 3.05) is 39.9 Å². The van der Waals surface area contributed by atoms with E-state index >= 15 is 0 Å². The van der Waals surface area contributed by atoms with Gasteiger partial charge in [-0.2, -0.15) is 0 Å². The first-order valence-electron chi connectivity index (χ1n) is 10.4. The number of methoxy groups -OCH3 is 1. The lowest BCUT2D eigenvalue weighted by Gasteiger charge is -2.38. The molecular formula is C23H30N2O3. The number of fused-ring (bicyclic) bond motifs is 1. The van der Waals surface area contributed by atoms with Gasteiger partial charge in [0.25, 0.3) is 5.91 Å². The lowest BCUT2D eigenvalue weighted by atomic mass is 9.88. The van der Waals surface area contributed by atoms with Crippen LogP contribution in [-0.2, 0) is 4.74 Å². The number of rotatable bonds is 4. The highest BCUT2D eigenvalue weighted by atomic mass is 16.5. The normalized spacial score (nSPS) is 23.4. The van der Waals surface area contributed by atoms with Crippen LogP contribution in [0.4, 0.5) is 0 Å². The predicted molar refractivity (Wildman–Crippen MR) is 111 cm³/mol. The molecule has 0 radical (unpaired) electrons. The topological polar surface area (TPSA) is 53.0 Å². The number of nitrogens with zero attached hydrogens (tertiary/aromatic N) is 2. The fourth-order valence-electron chi connectivity index (χ4n) is 5.06. The zero-order valence-corrected chi connectivity index (χ0v) is 16.7. The van der Waals surface area contributed by atoms with Crippen LogP contribution in [0.5, 0.6) is 5.75 Å². The quantitative estimate of drug-likeness (QED) is 0.877. The molecule has 2 fully saturated rings. The zero-order valence-electron chi connectivity index (χ0n) is 16.7. The SMILES string of the molecule is COCCN1CCCC12CCCN(C(=O)c1cc3ccccc3cc1O)CC2. The van der Waals surface area contributed by atoms with Gasteiger partial charge in [0.1, 0.15) is 5.75 Å². The van der Waals surface area contributed by atoms with Crippen molar-refractivity contribution in [1.29, 1.82) is 0 Å². The second-order valence-electron chi connectivity index (χ2n) is 8.17. The van der Waals surface area contributed by atoms with Crippen molar-refractivity contribution < 1.29 is 14.6 Å². The molecule has 28 heavy (non-hydrogen) atoms. The third-order valence-electron chi connectivity index (χ3n) is 6.61. The molecule has 1 N–H and O–H groups in total. The Morgan fingerprint density at radius 3 is 2.54 bits per heavy atom. The zero-order chi connectivity index (χ0) is 19.6. The van der Waals surface area contributed by atoms with Crippen LogP contribution in [0.2, 0.25) is 0 Å². The highest BCUT2D eigenvalue weighted by molar-refractivity contribution is 6.01. The van der Waals surface area contributed by atoms with E-state index in [0.29, 0.717) is 5.56 Å². The molecule has 0 saturated carbocycles. The van der Waals surface area contributed by atoms with Crippen molar-refractivity contribution in [3.8, 4) is 5.75 Å². The van der Waals surface area contributed by atoms with Crippen LogP contribution in [0.25, 0.3) is 10.8 Å². The molecule has 5 heteroatoms. The summed E-state index contributed by atoms with van der Waals surface area (Å²) in [7, 11) is 1.76.